The lowest BCUT2D eigenvalue weighted by Gasteiger charge is -2.01. The molecular formula is C18H16N2OS2. The van der Waals surface area contributed by atoms with Crippen molar-refractivity contribution in [1.82, 2.24) is 4.57 Å². The minimum absolute atomic E-state index is 0.138. The minimum atomic E-state index is -0.138. The standard InChI is InChI=1S/C18H16N2OS2/c1-3-9-20-15-8-7-13(4-2)11-16(15)23-18(20)19-17(21)12-14-6-5-10-22-14/h1,5-8,10-11H,4,9,12H2,2H3. The molecule has 0 unspecified atom stereocenters. The van der Waals surface area contributed by atoms with Crippen LogP contribution >= 0.6 is 22.7 Å². The molecule has 0 aliphatic heterocycles. The highest BCUT2D eigenvalue weighted by atomic mass is 32.1. The maximum absolute atomic E-state index is 12.2. The number of hydrogen-bond acceptors (Lipinski definition) is 3. The summed E-state index contributed by atoms with van der Waals surface area (Å²) in [6.07, 6.45) is 6.80. The van der Waals surface area contributed by atoms with Gasteiger partial charge in [0.25, 0.3) is 5.91 Å². The number of hydrogen-bond donors (Lipinski definition) is 0. The summed E-state index contributed by atoms with van der Waals surface area (Å²) in [6, 6.07) is 10.2. The molecule has 3 aromatic rings. The van der Waals surface area contributed by atoms with E-state index < -0.39 is 0 Å². The lowest BCUT2D eigenvalue weighted by Crippen LogP contribution is -2.16. The molecule has 2 heterocycles. The number of thiophene rings is 1. The van der Waals surface area contributed by atoms with Crippen LogP contribution < -0.4 is 4.80 Å². The Morgan fingerprint density at radius 2 is 2.26 bits per heavy atom. The molecular weight excluding hydrogens is 324 g/mol. The van der Waals surface area contributed by atoms with Gasteiger partial charge in [-0.3, -0.25) is 4.79 Å². The zero-order valence-corrected chi connectivity index (χ0v) is 14.4. The summed E-state index contributed by atoms with van der Waals surface area (Å²) in [5.41, 5.74) is 2.30. The Labute approximate surface area is 142 Å². The number of carbonyl (C=O) groups is 1. The van der Waals surface area contributed by atoms with E-state index >= 15 is 0 Å². The van der Waals surface area contributed by atoms with Crippen molar-refractivity contribution in [3.63, 3.8) is 0 Å². The second-order valence-corrected chi connectivity index (χ2v) is 7.13. The van der Waals surface area contributed by atoms with Crippen molar-refractivity contribution >= 4 is 38.8 Å². The van der Waals surface area contributed by atoms with Gasteiger partial charge in [0.05, 0.1) is 23.2 Å². The normalized spacial score (nSPS) is 11.7. The van der Waals surface area contributed by atoms with Crippen molar-refractivity contribution < 1.29 is 4.79 Å². The highest BCUT2D eigenvalue weighted by Crippen LogP contribution is 2.19. The van der Waals surface area contributed by atoms with E-state index in [-0.39, 0.29) is 5.91 Å². The number of aryl methyl sites for hydroxylation is 1. The summed E-state index contributed by atoms with van der Waals surface area (Å²) in [6.45, 7) is 2.54. The zero-order valence-electron chi connectivity index (χ0n) is 12.8. The van der Waals surface area contributed by atoms with Crippen LogP contribution in [0, 0.1) is 12.3 Å². The van der Waals surface area contributed by atoms with Crippen LogP contribution in [-0.4, -0.2) is 10.5 Å². The average molecular weight is 340 g/mol. The minimum Gasteiger partial charge on any atom is -0.305 e. The van der Waals surface area contributed by atoms with E-state index in [1.807, 2.05) is 22.1 Å². The number of fused-ring (bicyclic) bond motifs is 1. The monoisotopic (exact) mass is 340 g/mol. The predicted molar refractivity (Wildman–Crippen MR) is 96.6 cm³/mol. The van der Waals surface area contributed by atoms with Crippen molar-refractivity contribution in [1.29, 1.82) is 0 Å². The van der Waals surface area contributed by atoms with Crippen LogP contribution in [0.2, 0.25) is 0 Å². The fourth-order valence-electron chi connectivity index (χ4n) is 2.38. The number of amides is 1. The van der Waals surface area contributed by atoms with E-state index in [2.05, 4.69) is 36.0 Å². The number of nitrogens with zero attached hydrogens (tertiary/aromatic N) is 2. The Morgan fingerprint density at radius 1 is 1.39 bits per heavy atom. The first-order valence-electron chi connectivity index (χ1n) is 7.37. The first kappa shape index (κ1) is 15.7. The molecule has 0 spiro atoms. The van der Waals surface area contributed by atoms with E-state index in [1.165, 1.54) is 16.9 Å². The van der Waals surface area contributed by atoms with Gasteiger partial charge in [-0.05, 0) is 35.6 Å². The number of rotatable bonds is 4. The Balaban J connectivity index is 2.04. The van der Waals surface area contributed by atoms with Gasteiger partial charge in [0, 0.05) is 4.88 Å². The third-order valence-corrected chi connectivity index (χ3v) is 5.45. The van der Waals surface area contributed by atoms with Gasteiger partial charge in [-0.15, -0.1) is 17.8 Å². The molecule has 1 amide bonds. The van der Waals surface area contributed by atoms with E-state index in [1.54, 1.807) is 11.3 Å². The fourth-order valence-corrected chi connectivity index (χ4v) is 4.18. The molecule has 2 aromatic heterocycles. The first-order valence-corrected chi connectivity index (χ1v) is 9.06. The van der Waals surface area contributed by atoms with Crippen LogP contribution in [0.3, 0.4) is 0 Å². The van der Waals surface area contributed by atoms with Gasteiger partial charge in [-0.25, -0.2) is 0 Å². The predicted octanol–water partition coefficient (Wildman–Crippen LogP) is 3.63. The molecule has 1 aromatic carbocycles. The van der Waals surface area contributed by atoms with E-state index in [9.17, 15) is 4.79 Å². The second-order valence-electron chi connectivity index (χ2n) is 5.09. The Morgan fingerprint density at radius 3 is 2.96 bits per heavy atom. The lowest BCUT2D eigenvalue weighted by atomic mass is 10.2. The number of thiazole rings is 1. The Hall–Kier alpha value is -2.16. The lowest BCUT2D eigenvalue weighted by molar-refractivity contribution is -0.117. The smallest absolute Gasteiger partial charge is 0.253 e. The first-order chi connectivity index (χ1) is 11.2. The molecule has 0 atom stereocenters. The van der Waals surface area contributed by atoms with Crippen LogP contribution in [-0.2, 0) is 24.2 Å². The molecule has 0 saturated heterocycles. The molecule has 0 aliphatic carbocycles. The molecule has 5 heteroatoms. The van der Waals surface area contributed by atoms with Gasteiger partial charge >= 0.3 is 0 Å². The summed E-state index contributed by atoms with van der Waals surface area (Å²) >= 11 is 3.09. The quantitative estimate of drug-likeness (QED) is 0.668. The molecule has 0 bridgehead atoms. The third-order valence-electron chi connectivity index (χ3n) is 3.53. The van der Waals surface area contributed by atoms with Crippen molar-refractivity contribution in [2.75, 3.05) is 0 Å². The van der Waals surface area contributed by atoms with Crippen LogP contribution in [0.15, 0.2) is 40.7 Å². The molecule has 0 fully saturated rings. The van der Waals surface area contributed by atoms with Crippen molar-refractivity contribution in [2.45, 2.75) is 26.3 Å². The largest absolute Gasteiger partial charge is 0.305 e. The fraction of sp³-hybridized carbons (Fsp3) is 0.222. The van der Waals surface area contributed by atoms with E-state index in [0.29, 0.717) is 17.8 Å². The number of terminal acetylenes is 1. The molecule has 0 radical (unpaired) electrons. The van der Waals surface area contributed by atoms with E-state index in [4.69, 9.17) is 6.42 Å². The summed E-state index contributed by atoms with van der Waals surface area (Å²) in [5, 5.41) is 1.97. The topological polar surface area (TPSA) is 34.4 Å². The highest BCUT2D eigenvalue weighted by molar-refractivity contribution is 7.16. The molecule has 3 rings (SSSR count). The van der Waals surface area contributed by atoms with Gasteiger partial charge in [0.2, 0.25) is 0 Å². The molecule has 0 saturated carbocycles. The van der Waals surface area contributed by atoms with Crippen LogP contribution in [0.25, 0.3) is 10.2 Å². The summed E-state index contributed by atoms with van der Waals surface area (Å²) < 4.78 is 3.05. The maximum Gasteiger partial charge on any atom is 0.253 e. The van der Waals surface area contributed by atoms with Gasteiger partial charge in [0.1, 0.15) is 0 Å². The third kappa shape index (κ3) is 3.44. The molecule has 0 N–H and O–H groups in total. The van der Waals surface area contributed by atoms with Gasteiger partial charge < -0.3 is 4.57 Å². The second kappa shape index (κ2) is 6.95. The van der Waals surface area contributed by atoms with Gasteiger partial charge in [-0.2, -0.15) is 4.99 Å². The Kier molecular flexibility index (Phi) is 4.75. The highest BCUT2D eigenvalue weighted by Gasteiger charge is 2.09. The van der Waals surface area contributed by atoms with Crippen LogP contribution in [0.5, 0.6) is 0 Å². The van der Waals surface area contributed by atoms with Crippen molar-refractivity contribution in [3.8, 4) is 12.3 Å². The van der Waals surface area contributed by atoms with Crippen molar-refractivity contribution in [3.05, 3.63) is 51.0 Å². The van der Waals surface area contributed by atoms with E-state index in [0.717, 1.165) is 21.5 Å². The summed E-state index contributed by atoms with van der Waals surface area (Å²) in [7, 11) is 0. The molecule has 116 valence electrons. The SMILES string of the molecule is C#CCn1c(=NC(=O)Cc2cccs2)sc2cc(CC)ccc21. The number of aromatic nitrogens is 1. The molecule has 3 nitrogen and oxygen atoms in total. The molecule has 23 heavy (non-hydrogen) atoms. The molecule has 0 aliphatic rings. The van der Waals surface area contributed by atoms with Crippen molar-refractivity contribution in [2.24, 2.45) is 4.99 Å². The van der Waals surface area contributed by atoms with Gasteiger partial charge in [0.15, 0.2) is 4.80 Å². The van der Waals surface area contributed by atoms with Crippen LogP contribution in [0.1, 0.15) is 17.4 Å². The zero-order chi connectivity index (χ0) is 16.2. The summed E-state index contributed by atoms with van der Waals surface area (Å²) in [4.78, 5) is 18.2. The van der Waals surface area contributed by atoms with Gasteiger partial charge in [-0.1, -0.05) is 36.3 Å². The van der Waals surface area contributed by atoms with Crippen LogP contribution in [0.4, 0.5) is 0 Å². The maximum atomic E-state index is 12.2. The number of carbonyl (C=O) groups excluding carboxylic acids is 1. The summed E-state index contributed by atoms with van der Waals surface area (Å²) in [5.74, 6) is 2.51. The Bertz CT molecular complexity index is 940. The average Bonchev–Trinajstić information content (AvgIpc) is 3.15. The number of benzene rings is 1.